The van der Waals surface area contributed by atoms with Crippen molar-refractivity contribution in [2.45, 2.75) is 6.54 Å². The summed E-state index contributed by atoms with van der Waals surface area (Å²) in [6.45, 7) is 0.562. The highest BCUT2D eigenvalue weighted by Crippen LogP contribution is 2.24. The molecule has 2 heterocycles. The Morgan fingerprint density at radius 2 is 2.29 bits per heavy atom. The lowest BCUT2D eigenvalue weighted by molar-refractivity contribution is 0.778. The molecule has 0 radical (unpaired) electrons. The van der Waals surface area contributed by atoms with E-state index < -0.39 is 0 Å². The molecule has 0 amide bonds. The number of aryl methyl sites for hydroxylation is 1. The summed E-state index contributed by atoms with van der Waals surface area (Å²) in [6, 6.07) is 1.78. The molecule has 0 aliphatic rings. The number of hydrogen-bond donors (Lipinski definition) is 2. The lowest BCUT2D eigenvalue weighted by Gasteiger charge is -2.07. The molecule has 2 rings (SSSR count). The summed E-state index contributed by atoms with van der Waals surface area (Å²) in [5.41, 5.74) is 6.76. The number of rotatable bonds is 3. The molecule has 0 saturated carbocycles. The number of anilines is 2. The standard InChI is InChI=1S/C10H11BrClN5/c1-17-9(13)6(4-16-17)3-14-10-8(11)2-7(12)5-15-10/h2,4-5H,3,13H2,1H3,(H,14,15). The Hall–Kier alpha value is -1.27. The summed E-state index contributed by atoms with van der Waals surface area (Å²) >= 11 is 9.19. The van der Waals surface area contributed by atoms with Crippen LogP contribution in [0.2, 0.25) is 5.02 Å². The molecule has 0 aliphatic heterocycles. The number of aromatic nitrogens is 3. The second kappa shape index (κ2) is 4.93. The second-order valence-electron chi connectivity index (χ2n) is 3.52. The van der Waals surface area contributed by atoms with Crippen LogP contribution in [0.3, 0.4) is 0 Å². The molecule has 5 nitrogen and oxygen atoms in total. The van der Waals surface area contributed by atoms with Gasteiger partial charge < -0.3 is 11.1 Å². The van der Waals surface area contributed by atoms with Gasteiger partial charge in [0.15, 0.2) is 0 Å². The zero-order chi connectivity index (χ0) is 12.4. The number of nitrogen functional groups attached to an aromatic ring is 1. The molecule has 0 aliphatic carbocycles. The van der Waals surface area contributed by atoms with Crippen molar-refractivity contribution in [3.05, 3.63) is 33.5 Å². The van der Waals surface area contributed by atoms with Gasteiger partial charge in [0.2, 0.25) is 0 Å². The molecular formula is C10H11BrClN5. The molecule has 0 aromatic carbocycles. The van der Waals surface area contributed by atoms with Crippen LogP contribution in [-0.2, 0) is 13.6 Å². The Morgan fingerprint density at radius 1 is 1.53 bits per heavy atom. The van der Waals surface area contributed by atoms with Crippen molar-refractivity contribution in [3.8, 4) is 0 Å². The summed E-state index contributed by atoms with van der Waals surface area (Å²) in [4.78, 5) is 4.17. The molecule has 0 atom stereocenters. The van der Waals surface area contributed by atoms with Crippen LogP contribution in [0.1, 0.15) is 5.56 Å². The molecule has 2 aromatic rings. The molecule has 17 heavy (non-hydrogen) atoms. The van der Waals surface area contributed by atoms with Gasteiger partial charge in [-0.05, 0) is 22.0 Å². The highest BCUT2D eigenvalue weighted by Gasteiger charge is 2.06. The molecule has 0 fully saturated rings. The first-order chi connectivity index (χ1) is 8.08. The van der Waals surface area contributed by atoms with Gasteiger partial charge in [-0.3, -0.25) is 4.68 Å². The zero-order valence-corrected chi connectivity index (χ0v) is 11.5. The van der Waals surface area contributed by atoms with Crippen molar-refractivity contribution >= 4 is 39.2 Å². The summed E-state index contributed by atoms with van der Waals surface area (Å²) in [5.74, 6) is 1.36. The predicted octanol–water partition coefficient (Wildman–Crippen LogP) is 2.43. The number of pyridine rings is 1. The first-order valence-corrected chi connectivity index (χ1v) is 6.06. The highest BCUT2D eigenvalue weighted by molar-refractivity contribution is 9.10. The number of nitrogens with two attached hydrogens (primary N) is 1. The number of nitrogens with one attached hydrogen (secondary N) is 1. The normalized spacial score (nSPS) is 10.5. The van der Waals surface area contributed by atoms with E-state index in [4.69, 9.17) is 17.3 Å². The summed E-state index contributed by atoms with van der Waals surface area (Å²) < 4.78 is 2.44. The fourth-order valence-electron chi connectivity index (χ4n) is 1.35. The number of nitrogens with zero attached hydrogens (tertiary/aromatic N) is 3. The lowest BCUT2D eigenvalue weighted by Crippen LogP contribution is -2.05. The number of hydrogen-bond acceptors (Lipinski definition) is 4. The minimum atomic E-state index is 0.562. The van der Waals surface area contributed by atoms with E-state index in [1.807, 2.05) is 0 Å². The predicted molar refractivity (Wildman–Crippen MR) is 71.9 cm³/mol. The van der Waals surface area contributed by atoms with Crippen molar-refractivity contribution in [2.24, 2.45) is 7.05 Å². The van der Waals surface area contributed by atoms with E-state index in [0.29, 0.717) is 17.4 Å². The molecule has 2 aromatic heterocycles. The molecule has 0 spiro atoms. The van der Waals surface area contributed by atoms with Crippen LogP contribution in [0.25, 0.3) is 0 Å². The third-order valence-corrected chi connectivity index (χ3v) is 3.13. The van der Waals surface area contributed by atoms with E-state index in [2.05, 4.69) is 31.3 Å². The maximum absolute atomic E-state index is 5.84. The van der Waals surface area contributed by atoms with Crippen LogP contribution in [0.15, 0.2) is 22.9 Å². The van der Waals surface area contributed by atoms with Crippen LogP contribution in [0.4, 0.5) is 11.6 Å². The van der Waals surface area contributed by atoms with Crippen LogP contribution in [0.5, 0.6) is 0 Å². The molecule has 0 saturated heterocycles. The van der Waals surface area contributed by atoms with Gasteiger partial charge in [-0.25, -0.2) is 4.98 Å². The minimum absolute atomic E-state index is 0.562. The average molecular weight is 317 g/mol. The second-order valence-corrected chi connectivity index (χ2v) is 4.81. The fourth-order valence-corrected chi connectivity index (χ4v) is 2.13. The van der Waals surface area contributed by atoms with E-state index in [1.165, 1.54) is 0 Å². The quantitative estimate of drug-likeness (QED) is 0.912. The summed E-state index contributed by atoms with van der Waals surface area (Å²) in [6.07, 6.45) is 3.31. The van der Waals surface area contributed by atoms with Gasteiger partial charge in [-0.15, -0.1) is 0 Å². The smallest absolute Gasteiger partial charge is 0.140 e. The largest absolute Gasteiger partial charge is 0.384 e. The third kappa shape index (κ3) is 2.70. The topological polar surface area (TPSA) is 68.8 Å². The van der Waals surface area contributed by atoms with Gasteiger partial charge in [-0.2, -0.15) is 5.10 Å². The van der Waals surface area contributed by atoms with Crippen LogP contribution < -0.4 is 11.1 Å². The third-order valence-electron chi connectivity index (χ3n) is 2.32. The van der Waals surface area contributed by atoms with Gasteiger partial charge in [0.25, 0.3) is 0 Å². The Kier molecular flexibility index (Phi) is 3.54. The van der Waals surface area contributed by atoms with Crippen LogP contribution in [0, 0.1) is 0 Å². The van der Waals surface area contributed by atoms with E-state index >= 15 is 0 Å². The van der Waals surface area contributed by atoms with Gasteiger partial charge >= 0.3 is 0 Å². The number of halogens is 2. The average Bonchev–Trinajstić information content (AvgIpc) is 2.59. The highest BCUT2D eigenvalue weighted by atomic mass is 79.9. The minimum Gasteiger partial charge on any atom is -0.384 e. The Labute approximate surface area is 112 Å². The van der Waals surface area contributed by atoms with E-state index in [9.17, 15) is 0 Å². The monoisotopic (exact) mass is 315 g/mol. The Bertz CT molecular complexity index is 539. The van der Waals surface area contributed by atoms with Gasteiger partial charge in [0, 0.05) is 25.4 Å². The van der Waals surface area contributed by atoms with Crippen molar-refractivity contribution in [1.82, 2.24) is 14.8 Å². The van der Waals surface area contributed by atoms with Crippen LogP contribution >= 0.6 is 27.5 Å². The molecule has 0 unspecified atom stereocenters. The van der Waals surface area contributed by atoms with Gasteiger partial charge in [-0.1, -0.05) is 11.6 Å². The molecule has 90 valence electrons. The van der Waals surface area contributed by atoms with Crippen molar-refractivity contribution in [3.63, 3.8) is 0 Å². The fraction of sp³-hybridized carbons (Fsp3) is 0.200. The van der Waals surface area contributed by atoms with Crippen molar-refractivity contribution < 1.29 is 0 Å². The molecule has 7 heteroatoms. The molecule has 0 bridgehead atoms. The first kappa shape index (κ1) is 12.2. The Balaban J connectivity index is 2.10. The van der Waals surface area contributed by atoms with E-state index in [1.54, 1.807) is 30.2 Å². The molecular weight excluding hydrogens is 306 g/mol. The SMILES string of the molecule is Cn1ncc(CNc2ncc(Cl)cc2Br)c1N. The zero-order valence-electron chi connectivity index (χ0n) is 9.11. The van der Waals surface area contributed by atoms with E-state index in [-0.39, 0.29) is 0 Å². The van der Waals surface area contributed by atoms with Crippen LogP contribution in [-0.4, -0.2) is 14.8 Å². The summed E-state index contributed by atoms with van der Waals surface area (Å²) in [5, 5.41) is 7.81. The maximum atomic E-state index is 5.84. The van der Waals surface area contributed by atoms with Gasteiger partial charge in [0.1, 0.15) is 11.6 Å². The first-order valence-electron chi connectivity index (χ1n) is 4.89. The van der Waals surface area contributed by atoms with Crippen molar-refractivity contribution in [2.75, 3.05) is 11.1 Å². The molecule has 3 N–H and O–H groups in total. The maximum Gasteiger partial charge on any atom is 0.140 e. The van der Waals surface area contributed by atoms with E-state index in [0.717, 1.165) is 15.9 Å². The van der Waals surface area contributed by atoms with Gasteiger partial charge in [0.05, 0.1) is 15.7 Å². The lowest BCUT2D eigenvalue weighted by atomic mass is 10.3. The summed E-state index contributed by atoms with van der Waals surface area (Å²) in [7, 11) is 1.80. The Morgan fingerprint density at radius 3 is 2.88 bits per heavy atom. The van der Waals surface area contributed by atoms with Crippen molar-refractivity contribution in [1.29, 1.82) is 0 Å².